The number of phenols is 1. The lowest BCUT2D eigenvalue weighted by Crippen LogP contribution is -2.61. The summed E-state index contributed by atoms with van der Waals surface area (Å²) in [5.74, 6) is 1.09. The van der Waals surface area contributed by atoms with E-state index in [2.05, 4.69) is 60.6 Å². The first-order valence-corrected chi connectivity index (χ1v) is 17.3. The summed E-state index contributed by atoms with van der Waals surface area (Å²) in [5.41, 5.74) is 4.48. The second-order valence-electron chi connectivity index (χ2n) is 17.3. The van der Waals surface area contributed by atoms with E-state index in [1.165, 1.54) is 32.4 Å². The van der Waals surface area contributed by atoms with Crippen LogP contribution < -0.4 is 4.74 Å². The number of hydrogen-bond donors (Lipinski definition) is 2. The van der Waals surface area contributed by atoms with E-state index in [4.69, 9.17) is 9.47 Å². The summed E-state index contributed by atoms with van der Waals surface area (Å²) in [6, 6.07) is 5.02. The zero-order valence-corrected chi connectivity index (χ0v) is 29.0. The Morgan fingerprint density at radius 1 is 0.956 bits per heavy atom. The molecule has 246 valence electrons. The zero-order chi connectivity index (χ0) is 32.6. The van der Waals surface area contributed by atoms with Gasteiger partial charge in [0, 0.05) is 18.1 Å². The number of allylic oxidation sites excluding steroid dienone is 4. The highest BCUT2D eigenvalue weighted by atomic mass is 16.5. The number of hydrogen-bond acceptors (Lipinski definition) is 5. The van der Waals surface area contributed by atoms with Crippen LogP contribution >= 0.6 is 0 Å². The summed E-state index contributed by atoms with van der Waals surface area (Å²) >= 11 is 0. The summed E-state index contributed by atoms with van der Waals surface area (Å²) in [6.45, 7) is 17.4. The van der Waals surface area contributed by atoms with Crippen molar-refractivity contribution in [3.63, 3.8) is 0 Å². The second-order valence-corrected chi connectivity index (χ2v) is 17.3. The molecular weight excluding hydrogens is 560 g/mol. The van der Waals surface area contributed by atoms with Crippen molar-refractivity contribution in [3.8, 4) is 11.5 Å². The Morgan fingerprint density at radius 3 is 2.40 bits per heavy atom. The van der Waals surface area contributed by atoms with Gasteiger partial charge in [-0.1, -0.05) is 66.7 Å². The number of rotatable bonds is 5. The van der Waals surface area contributed by atoms with Crippen molar-refractivity contribution < 1.29 is 24.5 Å². The van der Waals surface area contributed by atoms with E-state index in [0.717, 1.165) is 44.1 Å². The van der Waals surface area contributed by atoms with Gasteiger partial charge in [0.05, 0.1) is 7.11 Å². The molecule has 0 unspecified atom stereocenters. The van der Waals surface area contributed by atoms with Crippen molar-refractivity contribution in [3.05, 3.63) is 53.1 Å². The maximum Gasteiger partial charge on any atom is 0.331 e. The third-order valence-electron chi connectivity index (χ3n) is 14.5. The lowest BCUT2D eigenvalue weighted by atomic mass is 9.36. The Morgan fingerprint density at radius 2 is 1.69 bits per heavy atom. The van der Waals surface area contributed by atoms with Crippen LogP contribution in [0.3, 0.4) is 0 Å². The second kappa shape index (κ2) is 10.8. The molecule has 0 bridgehead atoms. The molecule has 0 amide bonds. The van der Waals surface area contributed by atoms with Gasteiger partial charge in [-0.05, 0) is 132 Å². The minimum Gasteiger partial charge on any atom is -0.504 e. The van der Waals surface area contributed by atoms with Crippen molar-refractivity contribution in [2.45, 2.75) is 112 Å². The lowest BCUT2D eigenvalue weighted by Gasteiger charge is -2.69. The maximum atomic E-state index is 13.1. The van der Waals surface area contributed by atoms with Crippen LogP contribution in [0.5, 0.6) is 11.5 Å². The van der Waals surface area contributed by atoms with Gasteiger partial charge in [0.25, 0.3) is 0 Å². The van der Waals surface area contributed by atoms with E-state index in [0.29, 0.717) is 23.0 Å². The fourth-order valence-electron chi connectivity index (χ4n) is 11.1. The Bertz CT molecular complexity index is 1450. The number of ether oxygens (including phenoxy) is 2. The molecule has 0 saturated heterocycles. The largest absolute Gasteiger partial charge is 0.504 e. The van der Waals surface area contributed by atoms with Gasteiger partial charge < -0.3 is 19.7 Å². The summed E-state index contributed by atoms with van der Waals surface area (Å²) in [6.07, 6.45) is 18.2. The summed E-state index contributed by atoms with van der Waals surface area (Å²) in [5, 5.41) is 20.3. The van der Waals surface area contributed by atoms with Crippen LogP contribution in [0.1, 0.15) is 112 Å². The van der Waals surface area contributed by atoms with Gasteiger partial charge in [-0.25, -0.2) is 4.79 Å². The van der Waals surface area contributed by atoms with Gasteiger partial charge in [-0.3, -0.25) is 0 Å². The normalized spacial score (nSPS) is 41.9. The molecule has 0 heterocycles. The molecule has 1 aromatic carbocycles. The van der Waals surface area contributed by atoms with Gasteiger partial charge in [0.15, 0.2) is 11.5 Å². The van der Waals surface area contributed by atoms with Crippen LogP contribution in [-0.4, -0.2) is 36.0 Å². The molecule has 6 rings (SSSR count). The number of fused-ring (bicyclic) bond motifs is 7. The average Bonchev–Trinajstić information content (AvgIpc) is 3.00. The molecule has 45 heavy (non-hydrogen) atoms. The Balaban J connectivity index is 1.24. The number of esters is 1. The first-order chi connectivity index (χ1) is 21.1. The number of phenolic OH excluding ortho intramolecular Hbond substituents is 1. The molecule has 0 radical (unpaired) electrons. The Labute approximate surface area is 271 Å². The van der Waals surface area contributed by atoms with Crippen LogP contribution in [0, 0.1) is 44.3 Å². The van der Waals surface area contributed by atoms with Crippen molar-refractivity contribution in [1.29, 1.82) is 0 Å². The molecule has 0 spiro atoms. The Kier molecular flexibility index (Phi) is 7.75. The number of aromatic hydroxyl groups is 1. The molecular formula is C40H56O5. The Hall–Kier alpha value is -2.53. The molecule has 0 aromatic heterocycles. The summed E-state index contributed by atoms with van der Waals surface area (Å²) in [4.78, 5) is 13.1. The molecule has 1 aromatic rings. The highest BCUT2D eigenvalue weighted by Gasteiger charge is 2.66. The van der Waals surface area contributed by atoms with Gasteiger partial charge in [-0.2, -0.15) is 0 Å². The number of carbonyl (C=O) groups excluding carboxylic acids is 1. The fraction of sp³-hybridized carbons (Fsp3) is 0.675. The van der Waals surface area contributed by atoms with Crippen LogP contribution in [0.2, 0.25) is 0 Å². The molecule has 0 aliphatic heterocycles. The highest BCUT2D eigenvalue weighted by Crippen LogP contribution is 2.74. The number of aliphatic hydroxyl groups excluding tert-OH is 1. The van der Waals surface area contributed by atoms with Gasteiger partial charge in [0.2, 0.25) is 0 Å². The van der Waals surface area contributed by atoms with Gasteiger partial charge in [0.1, 0.15) is 6.10 Å². The molecule has 3 saturated carbocycles. The molecule has 8 atom stereocenters. The first kappa shape index (κ1) is 32.4. The third-order valence-corrected chi connectivity index (χ3v) is 14.5. The summed E-state index contributed by atoms with van der Waals surface area (Å²) < 4.78 is 11.4. The minimum atomic E-state index is -0.330. The van der Waals surface area contributed by atoms with Crippen molar-refractivity contribution >= 4 is 12.0 Å². The molecule has 5 nitrogen and oxygen atoms in total. The fourth-order valence-corrected chi connectivity index (χ4v) is 11.1. The monoisotopic (exact) mass is 616 g/mol. The third kappa shape index (κ3) is 4.85. The molecule has 3 fully saturated rings. The van der Waals surface area contributed by atoms with Crippen LogP contribution in [0.25, 0.3) is 6.08 Å². The molecule has 2 N–H and O–H groups in total. The highest BCUT2D eigenvalue weighted by molar-refractivity contribution is 5.87. The molecule has 5 aliphatic rings. The number of aliphatic hydroxyl groups is 1. The maximum absolute atomic E-state index is 13.1. The predicted molar refractivity (Wildman–Crippen MR) is 180 cm³/mol. The topological polar surface area (TPSA) is 76.0 Å². The van der Waals surface area contributed by atoms with Crippen LogP contribution in [0.4, 0.5) is 0 Å². The van der Waals surface area contributed by atoms with Crippen molar-refractivity contribution in [2.24, 2.45) is 44.3 Å². The van der Waals surface area contributed by atoms with Crippen molar-refractivity contribution in [2.75, 3.05) is 13.7 Å². The lowest BCUT2D eigenvalue weighted by molar-refractivity contribution is -0.164. The van der Waals surface area contributed by atoms with E-state index < -0.39 is 0 Å². The van der Waals surface area contributed by atoms with E-state index in [1.54, 1.807) is 35.4 Å². The van der Waals surface area contributed by atoms with Gasteiger partial charge >= 0.3 is 5.97 Å². The predicted octanol–water partition coefficient (Wildman–Crippen LogP) is 9.04. The van der Waals surface area contributed by atoms with E-state index in [9.17, 15) is 15.0 Å². The number of carbonyl (C=O) groups is 1. The average molecular weight is 617 g/mol. The van der Waals surface area contributed by atoms with Gasteiger partial charge in [-0.15, -0.1) is 0 Å². The SMILES string of the molecule is COc1cc(/C=C/C(=O)O[C@H]2CC[C@]3(C)C4=CC[C@@]5(C)[C@@H]6C[C@](C)(CO)CC[C@]6(C)CC[C@]5(C)C4=CC[C@H]3C2(C)C)ccc1O. The molecule has 5 aliphatic carbocycles. The van der Waals surface area contributed by atoms with Crippen LogP contribution in [-0.2, 0) is 9.53 Å². The van der Waals surface area contributed by atoms with E-state index >= 15 is 0 Å². The zero-order valence-electron chi connectivity index (χ0n) is 29.0. The minimum absolute atomic E-state index is 0.0272. The van der Waals surface area contributed by atoms with Crippen LogP contribution in [0.15, 0.2) is 47.6 Å². The van der Waals surface area contributed by atoms with E-state index in [-0.39, 0.29) is 51.5 Å². The number of methoxy groups -OCH3 is 1. The molecule has 5 heteroatoms. The number of benzene rings is 1. The summed E-state index contributed by atoms with van der Waals surface area (Å²) in [7, 11) is 1.51. The first-order valence-electron chi connectivity index (χ1n) is 17.3. The van der Waals surface area contributed by atoms with Crippen molar-refractivity contribution in [1.82, 2.24) is 0 Å². The van der Waals surface area contributed by atoms with E-state index in [1.807, 2.05) is 0 Å². The standard InChI is InChI=1S/C40H56O5/c1-35(2)31-13-11-28-27(15-18-40(7)32-24-36(3,25-41)19-20-37(32,4)21-22-39(28,40)6)38(31,5)17-16-33(35)45-34(43)14-10-26-9-12-29(42)30(23-26)44-8/h9-12,14-15,23,31-33,41-42H,13,16-22,24-25H2,1-8H3/b14-10+/t31-,32+,33-,36+,37+,38+,39+,40-/m0/s1. The quantitative estimate of drug-likeness (QED) is 0.255. The smallest absolute Gasteiger partial charge is 0.331 e.